The summed E-state index contributed by atoms with van der Waals surface area (Å²) >= 11 is 0. The normalized spacial score (nSPS) is 30.7. The van der Waals surface area contributed by atoms with Gasteiger partial charge in [-0.15, -0.1) is 0 Å². The van der Waals surface area contributed by atoms with E-state index in [4.69, 9.17) is 18.0 Å². The fraction of sp³-hybridized carbons (Fsp3) is 0.882. The van der Waals surface area contributed by atoms with Gasteiger partial charge in [0.25, 0.3) is 0 Å². The predicted octanol–water partition coefficient (Wildman–Crippen LogP) is 4.58. The van der Waals surface area contributed by atoms with Crippen LogP contribution in [0.5, 0.6) is 0 Å². The molecular weight excluding hydrogens is 324 g/mol. The summed E-state index contributed by atoms with van der Waals surface area (Å²) in [5.74, 6) is 0. The van der Waals surface area contributed by atoms with Crippen LogP contribution in [-0.2, 0) is 18.0 Å². The van der Waals surface area contributed by atoms with Gasteiger partial charge in [0.05, 0.1) is 19.0 Å². The van der Waals surface area contributed by atoms with Crippen LogP contribution in [0.4, 0.5) is 0 Å². The molecule has 3 atom stereocenters. The van der Waals surface area contributed by atoms with Crippen LogP contribution in [0.2, 0.25) is 29.7 Å². The van der Waals surface area contributed by atoms with Crippen LogP contribution >= 0.6 is 0 Å². The molecule has 2 aliphatic heterocycles. The van der Waals surface area contributed by atoms with Crippen molar-refractivity contribution in [1.82, 2.24) is 0 Å². The second-order valence-corrected chi connectivity index (χ2v) is 16.9. The topological polar surface area (TPSA) is 36.9 Å². The highest BCUT2D eigenvalue weighted by Gasteiger charge is 2.51. The van der Waals surface area contributed by atoms with Crippen LogP contribution in [0.1, 0.15) is 41.5 Å². The van der Waals surface area contributed by atoms with E-state index in [1.54, 1.807) is 6.26 Å². The first kappa shape index (κ1) is 19.2. The van der Waals surface area contributed by atoms with Crippen LogP contribution in [0, 0.1) is 0 Å². The molecule has 23 heavy (non-hydrogen) atoms. The first-order chi connectivity index (χ1) is 10.6. The lowest BCUT2D eigenvalue weighted by atomic mass is 10.1. The fourth-order valence-corrected chi connectivity index (χ4v) is 11.4. The zero-order chi connectivity index (χ0) is 17.4. The Morgan fingerprint density at radius 3 is 2.13 bits per heavy atom. The van der Waals surface area contributed by atoms with Crippen LogP contribution in [0.25, 0.3) is 0 Å². The molecule has 0 bridgehead atoms. The molecule has 0 aromatic carbocycles. The summed E-state index contributed by atoms with van der Waals surface area (Å²) in [6.07, 6.45) is 3.70. The second kappa shape index (κ2) is 7.00. The Labute approximate surface area is 143 Å². The largest absolute Gasteiger partial charge is 0.493 e. The minimum Gasteiger partial charge on any atom is -0.493 e. The maximum atomic E-state index is 6.94. The Balaban J connectivity index is 2.28. The number of hydrogen-bond donors (Lipinski definition) is 0. The Hall–Kier alpha value is -0.146. The SMILES string of the molecule is CC(C)[Si](O[C@H]1C=CO[C@@H]2CO[Si](C)(C)OC12)(C(C)C)C(C)C. The van der Waals surface area contributed by atoms with E-state index in [0.29, 0.717) is 23.2 Å². The molecular formula is C17H34O4Si2. The molecule has 1 unspecified atom stereocenters. The van der Waals surface area contributed by atoms with Crippen molar-refractivity contribution in [2.75, 3.05) is 6.61 Å². The van der Waals surface area contributed by atoms with Crippen molar-refractivity contribution in [1.29, 1.82) is 0 Å². The van der Waals surface area contributed by atoms with E-state index in [1.165, 1.54) is 0 Å². The molecule has 2 rings (SSSR count). The molecule has 0 radical (unpaired) electrons. The average molecular weight is 359 g/mol. The van der Waals surface area contributed by atoms with Crippen molar-refractivity contribution in [2.24, 2.45) is 0 Å². The molecule has 0 saturated carbocycles. The highest BCUT2D eigenvalue weighted by molar-refractivity contribution is 6.77. The Kier molecular flexibility index (Phi) is 5.84. The number of fused-ring (bicyclic) bond motifs is 1. The van der Waals surface area contributed by atoms with E-state index in [0.717, 1.165) is 0 Å². The number of rotatable bonds is 5. The number of ether oxygens (including phenoxy) is 1. The summed E-state index contributed by atoms with van der Waals surface area (Å²) in [6, 6.07) is 0. The monoisotopic (exact) mass is 358 g/mol. The quantitative estimate of drug-likeness (QED) is 0.674. The van der Waals surface area contributed by atoms with Gasteiger partial charge < -0.3 is 18.0 Å². The minimum atomic E-state index is -2.08. The molecule has 0 N–H and O–H groups in total. The van der Waals surface area contributed by atoms with Crippen molar-refractivity contribution in [2.45, 2.75) is 89.6 Å². The molecule has 4 nitrogen and oxygen atoms in total. The standard InChI is InChI=1S/C17H34O4Si2/c1-12(2)23(13(3)4,14(5)6)20-15-9-10-18-16-11-19-22(7,8)21-17(15)16/h9-10,12-17H,11H2,1-8H3/t15-,16+,17?/m0/s1. The van der Waals surface area contributed by atoms with Gasteiger partial charge in [-0.25, -0.2) is 0 Å². The summed E-state index contributed by atoms with van der Waals surface area (Å²) in [4.78, 5) is 0. The van der Waals surface area contributed by atoms with E-state index in [9.17, 15) is 0 Å². The van der Waals surface area contributed by atoms with Gasteiger partial charge in [-0.05, 0) is 35.8 Å². The first-order valence-electron chi connectivity index (χ1n) is 8.92. The fourth-order valence-electron chi connectivity index (χ4n) is 4.29. The first-order valence-corrected chi connectivity index (χ1v) is 13.9. The molecule has 1 fully saturated rings. The summed E-state index contributed by atoms with van der Waals surface area (Å²) in [5, 5.41) is 0. The van der Waals surface area contributed by atoms with Crippen molar-refractivity contribution in [3.8, 4) is 0 Å². The van der Waals surface area contributed by atoms with Gasteiger partial charge in [0.1, 0.15) is 12.2 Å². The zero-order valence-electron chi connectivity index (χ0n) is 16.0. The van der Waals surface area contributed by atoms with E-state index >= 15 is 0 Å². The van der Waals surface area contributed by atoms with Crippen molar-refractivity contribution in [3.63, 3.8) is 0 Å². The van der Waals surface area contributed by atoms with Crippen LogP contribution in [-0.4, -0.2) is 41.8 Å². The highest BCUT2D eigenvalue weighted by atomic mass is 28.4. The van der Waals surface area contributed by atoms with E-state index in [2.05, 4.69) is 54.6 Å². The zero-order valence-corrected chi connectivity index (χ0v) is 18.0. The van der Waals surface area contributed by atoms with Crippen molar-refractivity contribution < 1.29 is 18.0 Å². The van der Waals surface area contributed by atoms with E-state index in [-0.39, 0.29) is 18.3 Å². The van der Waals surface area contributed by atoms with E-state index < -0.39 is 16.9 Å². The second-order valence-electron chi connectivity index (χ2n) is 8.20. The lowest BCUT2D eigenvalue weighted by Crippen LogP contribution is -2.61. The van der Waals surface area contributed by atoms with Crippen molar-refractivity contribution in [3.05, 3.63) is 12.3 Å². The van der Waals surface area contributed by atoms with Crippen LogP contribution in [0.3, 0.4) is 0 Å². The smallest absolute Gasteiger partial charge is 0.332 e. The molecule has 0 aromatic rings. The Bertz CT molecular complexity index is 413. The van der Waals surface area contributed by atoms with Crippen molar-refractivity contribution >= 4 is 16.9 Å². The third kappa shape index (κ3) is 3.76. The minimum absolute atomic E-state index is 0.0247. The molecule has 2 aliphatic rings. The Morgan fingerprint density at radius 2 is 1.61 bits per heavy atom. The third-order valence-corrected chi connectivity index (χ3v) is 13.1. The molecule has 2 heterocycles. The number of hydrogen-bond acceptors (Lipinski definition) is 4. The third-order valence-electron chi connectivity index (χ3n) is 5.27. The molecule has 0 spiro atoms. The van der Waals surface area contributed by atoms with Gasteiger partial charge in [-0.3, -0.25) is 0 Å². The highest BCUT2D eigenvalue weighted by Crippen LogP contribution is 2.44. The summed E-state index contributed by atoms with van der Waals surface area (Å²) in [7, 11) is -4.03. The van der Waals surface area contributed by atoms with Gasteiger partial charge >= 0.3 is 8.56 Å². The average Bonchev–Trinajstić information content (AvgIpc) is 2.42. The maximum Gasteiger partial charge on any atom is 0.332 e. The molecule has 0 aromatic heterocycles. The summed E-state index contributed by atoms with van der Waals surface area (Å²) in [5.41, 5.74) is 1.67. The molecule has 0 aliphatic carbocycles. The molecule has 134 valence electrons. The summed E-state index contributed by atoms with van der Waals surface area (Å²) < 4.78 is 24.9. The summed E-state index contributed by atoms with van der Waals surface area (Å²) in [6.45, 7) is 18.7. The van der Waals surface area contributed by atoms with Gasteiger partial charge in [0.2, 0.25) is 8.32 Å². The lowest BCUT2D eigenvalue weighted by Gasteiger charge is -2.49. The van der Waals surface area contributed by atoms with Gasteiger partial charge in [0.15, 0.2) is 0 Å². The Morgan fingerprint density at radius 1 is 1.04 bits per heavy atom. The van der Waals surface area contributed by atoms with Gasteiger partial charge in [0, 0.05) is 0 Å². The lowest BCUT2D eigenvalue weighted by molar-refractivity contribution is -0.108. The van der Waals surface area contributed by atoms with E-state index in [1.807, 2.05) is 6.08 Å². The van der Waals surface area contributed by atoms with Gasteiger partial charge in [-0.2, -0.15) is 0 Å². The van der Waals surface area contributed by atoms with Crippen LogP contribution in [0.15, 0.2) is 12.3 Å². The maximum absolute atomic E-state index is 6.94. The predicted molar refractivity (Wildman–Crippen MR) is 98.2 cm³/mol. The van der Waals surface area contributed by atoms with Crippen LogP contribution < -0.4 is 0 Å². The molecule has 6 heteroatoms. The molecule has 1 saturated heterocycles. The molecule has 0 amide bonds. The van der Waals surface area contributed by atoms with Gasteiger partial charge in [-0.1, -0.05) is 41.5 Å².